The predicted octanol–water partition coefficient (Wildman–Crippen LogP) is -0.225. The molecular formula is C22H29N5O5S. The maximum absolute atomic E-state index is 13.2. The van der Waals surface area contributed by atoms with Gasteiger partial charge in [-0.15, -0.1) is 11.8 Å². The lowest BCUT2D eigenvalue weighted by Crippen LogP contribution is -2.71. The molecule has 5 atom stereocenters. The number of hydrogen-bond donors (Lipinski definition) is 5. The van der Waals surface area contributed by atoms with Gasteiger partial charge in [0.05, 0.1) is 12.7 Å². The number of fused-ring (bicyclic) bond motifs is 1. The van der Waals surface area contributed by atoms with E-state index in [9.17, 15) is 24.3 Å². The zero-order valence-corrected chi connectivity index (χ0v) is 19.4. The van der Waals surface area contributed by atoms with Gasteiger partial charge in [-0.25, -0.2) is 4.79 Å². The Hall–Kier alpha value is -2.63. The summed E-state index contributed by atoms with van der Waals surface area (Å²) in [4.78, 5) is 51.5. The van der Waals surface area contributed by atoms with Crippen LogP contribution >= 0.6 is 11.8 Å². The lowest BCUT2D eigenvalue weighted by Gasteiger charge is -2.44. The average molecular weight is 476 g/mol. The van der Waals surface area contributed by atoms with Gasteiger partial charge in [0, 0.05) is 4.75 Å². The Kier molecular flexibility index (Phi) is 6.64. The normalized spacial score (nSPS) is 28.5. The van der Waals surface area contributed by atoms with Crippen LogP contribution in [0.5, 0.6) is 0 Å². The molecule has 1 aromatic carbocycles. The first-order valence-electron chi connectivity index (χ1n) is 11.0. The summed E-state index contributed by atoms with van der Waals surface area (Å²) in [7, 11) is 0. The maximum atomic E-state index is 13.2. The standard InChI is InChI=1S/C22H29N5O5S/c1-22(2)17(21(31)32)27-19(30)16(20(27)33-22)26-18(29)15(12-7-4-3-5-8-12)25-14(28)11-24-13-9-6-10-23-13/h3-5,7-8,13,15-17,20,23-24H,6,9-11H2,1-2H3,(H,25,28)(H,26,29)(H,31,32)/t13?,15?,16-,17+,20-/m1/s1. The van der Waals surface area contributed by atoms with Gasteiger partial charge < -0.3 is 26.0 Å². The van der Waals surface area contributed by atoms with Crippen molar-refractivity contribution in [1.29, 1.82) is 0 Å². The van der Waals surface area contributed by atoms with Crippen molar-refractivity contribution in [1.82, 2.24) is 26.2 Å². The van der Waals surface area contributed by atoms with Crippen molar-refractivity contribution in [3.8, 4) is 0 Å². The SMILES string of the molecule is CC1(C)S[C@@H]2[C@H](NC(=O)C(NC(=O)CNC3CCCN3)c3ccccc3)C(=O)N2[C@H]1C(=O)O. The van der Waals surface area contributed by atoms with Crippen molar-refractivity contribution in [2.24, 2.45) is 0 Å². The van der Waals surface area contributed by atoms with Crippen LogP contribution in [0.3, 0.4) is 0 Å². The Morgan fingerprint density at radius 2 is 2.00 bits per heavy atom. The Bertz CT molecular complexity index is 936. The van der Waals surface area contributed by atoms with E-state index in [1.165, 1.54) is 16.7 Å². The highest BCUT2D eigenvalue weighted by atomic mass is 32.2. The molecule has 178 valence electrons. The van der Waals surface area contributed by atoms with Crippen LogP contribution in [-0.4, -0.2) is 75.2 Å². The molecule has 3 fully saturated rings. The maximum Gasteiger partial charge on any atom is 0.327 e. The molecule has 3 aliphatic heterocycles. The van der Waals surface area contributed by atoms with Crippen molar-refractivity contribution in [3.63, 3.8) is 0 Å². The second-order valence-corrected chi connectivity index (χ2v) is 10.8. The van der Waals surface area contributed by atoms with Gasteiger partial charge in [0.1, 0.15) is 23.5 Å². The summed E-state index contributed by atoms with van der Waals surface area (Å²) in [6.45, 7) is 4.51. The molecule has 10 nitrogen and oxygen atoms in total. The molecule has 3 heterocycles. The summed E-state index contributed by atoms with van der Waals surface area (Å²) in [6, 6.07) is 6.05. The molecule has 3 saturated heterocycles. The summed E-state index contributed by atoms with van der Waals surface area (Å²) in [5, 5.41) is 21.0. The number of hydrogen-bond acceptors (Lipinski definition) is 7. The minimum absolute atomic E-state index is 0.0530. The number of carbonyl (C=O) groups is 4. The Morgan fingerprint density at radius 3 is 2.64 bits per heavy atom. The molecule has 3 aliphatic rings. The minimum atomic E-state index is -1.06. The summed E-state index contributed by atoms with van der Waals surface area (Å²) < 4.78 is -0.682. The molecule has 4 rings (SSSR count). The van der Waals surface area contributed by atoms with Crippen LogP contribution in [0.1, 0.15) is 38.3 Å². The van der Waals surface area contributed by atoms with E-state index >= 15 is 0 Å². The van der Waals surface area contributed by atoms with Crippen LogP contribution in [0.4, 0.5) is 0 Å². The molecule has 0 bridgehead atoms. The van der Waals surface area contributed by atoms with Gasteiger partial charge in [-0.1, -0.05) is 30.3 Å². The molecule has 0 saturated carbocycles. The van der Waals surface area contributed by atoms with Crippen LogP contribution in [0.25, 0.3) is 0 Å². The number of aliphatic carboxylic acids is 1. The smallest absolute Gasteiger partial charge is 0.327 e. The fourth-order valence-electron chi connectivity index (χ4n) is 4.61. The fourth-order valence-corrected chi connectivity index (χ4v) is 6.24. The van der Waals surface area contributed by atoms with Gasteiger partial charge in [-0.05, 0) is 38.8 Å². The van der Waals surface area contributed by atoms with Crippen molar-refractivity contribution in [2.45, 2.75) is 61.1 Å². The number of carbonyl (C=O) groups excluding carboxylic acids is 3. The minimum Gasteiger partial charge on any atom is -0.480 e. The Labute approximate surface area is 196 Å². The molecule has 0 aromatic heterocycles. The number of rotatable bonds is 8. The van der Waals surface area contributed by atoms with E-state index in [4.69, 9.17) is 0 Å². The van der Waals surface area contributed by atoms with E-state index in [1.54, 1.807) is 38.1 Å². The van der Waals surface area contributed by atoms with Crippen LogP contribution in [0, 0.1) is 0 Å². The molecule has 3 amide bonds. The number of nitrogens with zero attached hydrogens (tertiary/aromatic N) is 1. The highest BCUT2D eigenvalue weighted by molar-refractivity contribution is 8.01. The van der Waals surface area contributed by atoms with Crippen LogP contribution in [0.15, 0.2) is 30.3 Å². The summed E-state index contributed by atoms with van der Waals surface area (Å²) in [5.74, 6) is -2.34. The van der Waals surface area contributed by atoms with Crippen molar-refractivity contribution >= 4 is 35.5 Å². The second kappa shape index (κ2) is 9.32. The van der Waals surface area contributed by atoms with E-state index < -0.39 is 46.0 Å². The van der Waals surface area contributed by atoms with Crippen molar-refractivity contribution < 1.29 is 24.3 Å². The number of amides is 3. The van der Waals surface area contributed by atoms with Gasteiger partial charge >= 0.3 is 5.97 Å². The molecule has 5 N–H and O–H groups in total. The number of benzene rings is 1. The zero-order valence-electron chi connectivity index (χ0n) is 18.5. The molecule has 0 spiro atoms. The number of carboxylic acid groups (broad SMARTS) is 1. The van der Waals surface area contributed by atoms with E-state index in [-0.39, 0.29) is 18.6 Å². The zero-order chi connectivity index (χ0) is 23.8. The summed E-state index contributed by atoms with van der Waals surface area (Å²) >= 11 is 1.36. The third kappa shape index (κ3) is 4.71. The largest absolute Gasteiger partial charge is 0.480 e. The Balaban J connectivity index is 1.43. The quantitative estimate of drug-likeness (QED) is 0.325. The van der Waals surface area contributed by atoms with Gasteiger partial charge in [0.15, 0.2) is 0 Å². The highest BCUT2D eigenvalue weighted by Gasteiger charge is 2.64. The molecule has 2 unspecified atom stereocenters. The third-order valence-electron chi connectivity index (χ3n) is 6.24. The molecule has 0 aliphatic carbocycles. The predicted molar refractivity (Wildman–Crippen MR) is 122 cm³/mol. The number of nitrogens with one attached hydrogen (secondary N) is 4. The average Bonchev–Trinajstić information content (AvgIpc) is 3.38. The highest BCUT2D eigenvalue weighted by Crippen LogP contribution is 2.50. The van der Waals surface area contributed by atoms with Crippen molar-refractivity contribution in [2.75, 3.05) is 13.1 Å². The van der Waals surface area contributed by atoms with E-state index in [0.29, 0.717) is 5.56 Å². The number of carboxylic acids is 1. The van der Waals surface area contributed by atoms with E-state index in [0.717, 1.165) is 19.4 Å². The fraction of sp³-hybridized carbons (Fsp3) is 0.545. The topological polar surface area (TPSA) is 140 Å². The summed E-state index contributed by atoms with van der Waals surface area (Å²) in [5.41, 5.74) is 0.591. The van der Waals surface area contributed by atoms with Gasteiger partial charge in [-0.2, -0.15) is 0 Å². The lowest BCUT2D eigenvalue weighted by molar-refractivity contribution is -0.161. The molecular weight excluding hydrogens is 446 g/mol. The lowest BCUT2D eigenvalue weighted by atomic mass is 9.95. The first-order valence-corrected chi connectivity index (χ1v) is 11.9. The van der Waals surface area contributed by atoms with E-state index in [2.05, 4.69) is 21.3 Å². The third-order valence-corrected chi connectivity index (χ3v) is 7.81. The monoisotopic (exact) mass is 475 g/mol. The first-order chi connectivity index (χ1) is 15.7. The molecule has 1 aromatic rings. The van der Waals surface area contributed by atoms with E-state index in [1.807, 2.05) is 6.07 Å². The van der Waals surface area contributed by atoms with Gasteiger partial charge in [-0.3, -0.25) is 19.7 Å². The summed E-state index contributed by atoms with van der Waals surface area (Å²) in [6.07, 6.45) is 2.05. The van der Waals surface area contributed by atoms with Crippen LogP contribution in [0.2, 0.25) is 0 Å². The molecule has 11 heteroatoms. The number of thioether (sulfide) groups is 1. The molecule has 33 heavy (non-hydrogen) atoms. The van der Waals surface area contributed by atoms with Crippen LogP contribution in [-0.2, 0) is 19.2 Å². The Morgan fingerprint density at radius 1 is 1.27 bits per heavy atom. The first kappa shape index (κ1) is 23.5. The van der Waals surface area contributed by atoms with Gasteiger partial charge in [0.25, 0.3) is 0 Å². The van der Waals surface area contributed by atoms with Crippen molar-refractivity contribution in [3.05, 3.63) is 35.9 Å². The second-order valence-electron chi connectivity index (χ2n) is 9.03. The van der Waals surface area contributed by atoms with Gasteiger partial charge in [0.2, 0.25) is 17.7 Å². The molecule has 0 radical (unpaired) electrons. The van der Waals surface area contributed by atoms with Crippen LogP contribution < -0.4 is 21.3 Å². The number of β-lactam (4-membered cyclic amide) rings is 1.